The molecule has 0 spiro atoms. The van der Waals surface area contributed by atoms with Crippen molar-refractivity contribution in [2.75, 3.05) is 49.5 Å². The van der Waals surface area contributed by atoms with E-state index in [1.54, 1.807) is 17.4 Å². The predicted octanol–water partition coefficient (Wildman–Crippen LogP) is 5.31. The number of halogens is 2. The van der Waals surface area contributed by atoms with E-state index in [1.165, 1.54) is 12.8 Å². The van der Waals surface area contributed by atoms with Gasteiger partial charge in [-0.1, -0.05) is 29.3 Å². The molecule has 1 unspecified atom stereocenters. The summed E-state index contributed by atoms with van der Waals surface area (Å²) in [5.41, 5.74) is 1.96. The Hall–Kier alpha value is -1.64. The number of thiophene rings is 1. The lowest BCUT2D eigenvalue weighted by atomic mass is 9.81. The molecule has 176 valence electrons. The maximum Gasteiger partial charge on any atom is 0.227 e. The molecule has 1 aromatic carbocycles. The zero-order chi connectivity index (χ0) is 22.9. The quantitative estimate of drug-likeness (QED) is 0.453. The third-order valence-corrected chi connectivity index (χ3v) is 8.36. The molecule has 6 nitrogen and oxygen atoms in total. The minimum absolute atomic E-state index is 0.0216. The van der Waals surface area contributed by atoms with Gasteiger partial charge in [-0.2, -0.15) is 4.98 Å². The van der Waals surface area contributed by atoms with E-state index in [1.807, 2.05) is 12.1 Å². The molecule has 2 fully saturated rings. The van der Waals surface area contributed by atoms with Crippen molar-refractivity contribution in [1.82, 2.24) is 14.9 Å². The number of hydrogen-bond acceptors (Lipinski definition) is 7. The van der Waals surface area contributed by atoms with E-state index in [-0.39, 0.29) is 12.6 Å². The summed E-state index contributed by atoms with van der Waals surface area (Å²) in [4.78, 5) is 14.5. The summed E-state index contributed by atoms with van der Waals surface area (Å²) in [6.07, 6.45) is 2.49. The van der Waals surface area contributed by atoms with Gasteiger partial charge >= 0.3 is 0 Å². The predicted molar refractivity (Wildman–Crippen MR) is 138 cm³/mol. The number of rotatable bonds is 7. The van der Waals surface area contributed by atoms with Crippen LogP contribution in [0, 0.1) is 11.8 Å². The topological polar surface area (TPSA) is 64.5 Å². The van der Waals surface area contributed by atoms with Crippen LogP contribution in [0.5, 0.6) is 0 Å². The van der Waals surface area contributed by atoms with Crippen molar-refractivity contribution in [3.8, 4) is 0 Å². The maximum atomic E-state index is 9.28. The number of aromatic nitrogens is 2. The number of aliphatic hydroxyl groups excluding tert-OH is 1. The molecule has 9 heteroatoms. The summed E-state index contributed by atoms with van der Waals surface area (Å²) in [5.74, 6) is 2.99. The number of hydrogen-bond donors (Lipinski definition) is 2. The van der Waals surface area contributed by atoms with Crippen molar-refractivity contribution in [1.29, 1.82) is 0 Å². The summed E-state index contributed by atoms with van der Waals surface area (Å²) in [7, 11) is 0. The molecular weight excluding hydrogens is 477 g/mol. The Morgan fingerprint density at radius 1 is 1.18 bits per heavy atom. The monoisotopic (exact) mass is 505 g/mol. The SMILES string of the molecule is CC(Nc1nc(N2CC([C@H]3CCCN(CCO)C3)C2)nc2ccsc12)c1ccc(Cl)cc1Cl. The van der Waals surface area contributed by atoms with Crippen LogP contribution in [-0.4, -0.2) is 59.3 Å². The number of piperidine rings is 1. The fourth-order valence-electron chi connectivity index (χ4n) is 5.02. The highest BCUT2D eigenvalue weighted by molar-refractivity contribution is 7.17. The summed E-state index contributed by atoms with van der Waals surface area (Å²) >= 11 is 14.2. The molecule has 33 heavy (non-hydrogen) atoms. The Balaban J connectivity index is 1.30. The Bertz CT molecular complexity index is 1120. The lowest BCUT2D eigenvalue weighted by Crippen LogP contribution is -2.54. The lowest BCUT2D eigenvalue weighted by molar-refractivity contribution is 0.101. The number of nitrogens with zero attached hydrogens (tertiary/aromatic N) is 4. The normalized spacial score (nSPS) is 20.7. The molecule has 3 aromatic rings. The minimum Gasteiger partial charge on any atom is -0.395 e. The highest BCUT2D eigenvalue weighted by atomic mass is 35.5. The van der Waals surface area contributed by atoms with Gasteiger partial charge in [0.05, 0.1) is 22.9 Å². The second-order valence-electron chi connectivity index (χ2n) is 9.13. The van der Waals surface area contributed by atoms with Gasteiger partial charge in [0.25, 0.3) is 0 Å². The smallest absolute Gasteiger partial charge is 0.227 e. The number of benzene rings is 1. The van der Waals surface area contributed by atoms with Gasteiger partial charge in [-0.25, -0.2) is 4.98 Å². The van der Waals surface area contributed by atoms with Gasteiger partial charge in [0, 0.05) is 36.2 Å². The molecule has 2 aliphatic rings. The minimum atomic E-state index is -0.0216. The van der Waals surface area contributed by atoms with Crippen LogP contribution in [0.1, 0.15) is 31.4 Å². The lowest BCUT2D eigenvalue weighted by Gasteiger charge is -2.46. The molecule has 0 bridgehead atoms. The highest BCUT2D eigenvalue weighted by Gasteiger charge is 2.37. The van der Waals surface area contributed by atoms with Crippen LogP contribution in [0.25, 0.3) is 10.2 Å². The average Bonchev–Trinajstić information content (AvgIpc) is 3.22. The highest BCUT2D eigenvalue weighted by Crippen LogP contribution is 2.36. The molecule has 0 radical (unpaired) electrons. The molecule has 4 heterocycles. The van der Waals surface area contributed by atoms with E-state index < -0.39 is 0 Å². The van der Waals surface area contributed by atoms with Gasteiger partial charge in [-0.05, 0) is 67.3 Å². The summed E-state index contributed by atoms with van der Waals surface area (Å²) in [6, 6.07) is 7.63. The Labute approximate surface area is 208 Å². The second-order valence-corrected chi connectivity index (χ2v) is 10.9. The van der Waals surface area contributed by atoms with Gasteiger partial charge in [0.15, 0.2) is 0 Å². The van der Waals surface area contributed by atoms with E-state index in [4.69, 9.17) is 33.2 Å². The van der Waals surface area contributed by atoms with Crippen molar-refractivity contribution in [2.24, 2.45) is 11.8 Å². The van der Waals surface area contributed by atoms with Crippen molar-refractivity contribution in [2.45, 2.75) is 25.8 Å². The van der Waals surface area contributed by atoms with Gasteiger partial charge in [0.2, 0.25) is 5.95 Å². The van der Waals surface area contributed by atoms with E-state index in [9.17, 15) is 5.11 Å². The van der Waals surface area contributed by atoms with Gasteiger partial charge in [-0.3, -0.25) is 0 Å². The van der Waals surface area contributed by atoms with E-state index in [2.05, 4.69) is 33.5 Å². The first-order valence-corrected chi connectivity index (χ1v) is 13.2. The van der Waals surface area contributed by atoms with Crippen molar-refractivity contribution >= 4 is 56.5 Å². The van der Waals surface area contributed by atoms with Crippen LogP contribution in [-0.2, 0) is 0 Å². The number of nitrogens with one attached hydrogen (secondary N) is 1. The molecule has 5 rings (SSSR count). The third-order valence-electron chi connectivity index (χ3n) is 6.89. The van der Waals surface area contributed by atoms with Crippen LogP contribution >= 0.6 is 34.5 Å². The molecule has 2 atom stereocenters. The van der Waals surface area contributed by atoms with Crippen LogP contribution in [0.15, 0.2) is 29.6 Å². The van der Waals surface area contributed by atoms with Gasteiger partial charge in [-0.15, -0.1) is 11.3 Å². The van der Waals surface area contributed by atoms with Crippen LogP contribution < -0.4 is 10.2 Å². The first-order chi connectivity index (χ1) is 16.0. The zero-order valence-corrected chi connectivity index (χ0v) is 21.0. The van der Waals surface area contributed by atoms with Crippen LogP contribution in [0.2, 0.25) is 10.0 Å². The fraction of sp³-hybridized carbons (Fsp3) is 0.500. The first kappa shape index (κ1) is 23.1. The van der Waals surface area contributed by atoms with E-state index >= 15 is 0 Å². The summed E-state index contributed by atoms with van der Waals surface area (Å²) < 4.78 is 1.06. The number of likely N-dealkylation sites (tertiary alicyclic amines) is 1. The standard InChI is InChI=1S/C24H29Cl2N5OS/c1-15(19-5-4-18(25)11-20(19)26)27-23-22-21(6-10-33-22)28-24(29-23)31-13-17(14-31)16-3-2-7-30(12-16)8-9-32/h4-6,10-11,15-17,32H,2-3,7-9,12-14H2,1H3,(H,27,28,29)/t15?,16-/m0/s1. The molecular formula is C24H29Cl2N5OS. The molecule has 0 saturated carbocycles. The van der Waals surface area contributed by atoms with Crippen molar-refractivity contribution in [3.63, 3.8) is 0 Å². The van der Waals surface area contributed by atoms with Crippen LogP contribution in [0.4, 0.5) is 11.8 Å². The Morgan fingerprint density at radius 3 is 2.82 bits per heavy atom. The Kier molecular flexibility index (Phi) is 6.95. The molecule has 0 aliphatic carbocycles. The first-order valence-electron chi connectivity index (χ1n) is 11.6. The van der Waals surface area contributed by atoms with Gasteiger partial charge < -0.3 is 20.2 Å². The number of β-amino-alcohol motifs (C(OH)–C–C–N with tert-alkyl or cyclic N) is 1. The number of anilines is 2. The van der Waals surface area contributed by atoms with E-state index in [0.29, 0.717) is 21.9 Å². The molecule has 2 aliphatic heterocycles. The summed E-state index contributed by atoms with van der Waals surface area (Å²) in [5, 5.41) is 16.2. The molecule has 2 saturated heterocycles. The van der Waals surface area contributed by atoms with Crippen molar-refractivity contribution < 1.29 is 5.11 Å². The number of fused-ring (bicyclic) bond motifs is 1. The zero-order valence-electron chi connectivity index (χ0n) is 18.7. The molecule has 2 aromatic heterocycles. The third kappa shape index (κ3) is 4.93. The van der Waals surface area contributed by atoms with Crippen LogP contribution in [0.3, 0.4) is 0 Å². The fourth-order valence-corrected chi connectivity index (χ4v) is 6.38. The van der Waals surface area contributed by atoms with Gasteiger partial charge in [0.1, 0.15) is 5.82 Å². The Morgan fingerprint density at radius 2 is 2.03 bits per heavy atom. The summed E-state index contributed by atoms with van der Waals surface area (Å²) in [6.45, 7) is 7.29. The van der Waals surface area contributed by atoms with E-state index in [0.717, 1.165) is 60.3 Å². The number of aliphatic hydroxyl groups is 1. The maximum absolute atomic E-state index is 9.28. The molecule has 0 amide bonds. The largest absolute Gasteiger partial charge is 0.395 e. The molecule has 2 N–H and O–H groups in total. The second kappa shape index (κ2) is 9.92. The van der Waals surface area contributed by atoms with Crippen molar-refractivity contribution in [3.05, 3.63) is 45.3 Å². The average molecular weight is 507 g/mol.